The highest BCUT2D eigenvalue weighted by Gasteiger charge is 2.25. The van der Waals surface area contributed by atoms with Crippen LogP contribution < -0.4 is 4.90 Å². The number of nitro benzene ring substituents is 1. The summed E-state index contributed by atoms with van der Waals surface area (Å²) < 4.78 is 15.5. The van der Waals surface area contributed by atoms with Crippen molar-refractivity contribution in [2.45, 2.75) is 25.9 Å². The molecule has 0 N–H and O–H groups in total. The fourth-order valence-corrected chi connectivity index (χ4v) is 3.10. The second kappa shape index (κ2) is 5.64. The number of anilines is 1. The van der Waals surface area contributed by atoms with Gasteiger partial charge in [-0.05, 0) is 31.4 Å². The number of benzene rings is 1. The van der Waals surface area contributed by atoms with Gasteiger partial charge in [0.05, 0.1) is 28.1 Å². The predicted octanol–water partition coefficient (Wildman–Crippen LogP) is 3.45. The Hall–Kier alpha value is -2.44. The predicted molar refractivity (Wildman–Crippen MR) is 88.4 cm³/mol. The van der Waals surface area contributed by atoms with Gasteiger partial charge in [-0.1, -0.05) is 6.58 Å². The van der Waals surface area contributed by atoms with Crippen molar-refractivity contribution in [3.8, 4) is 0 Å². The van der Waals surface area contributed by atoms with Crippen LogP contribution in [0, 0.1) is 10.1 Å². The quantitative estimate of drug-likeness (QED) is 0.642. The number of nitrogens with zero attached hydrogens (tertiary/aromatic N) is 4. The number of nitro groups is 1. The van der Waals surface area contributed by atoms with E-state index >= 15 is 0 Å². The summed E-state index contributed by atoms with van der Waals surface area (Å²) in [6, 6.07) is 3.21. The zero-order valence-electron chi connectivity index (χ0n) is 13.3. The van der Waals surface area contributed by atoms with Gasteiger partial charge in [0.15, 0.2) is 0 Å². The van der Waals surface area contributed by atoms with E-state index in [9.17, 15) is 14.5 Å². The van der Waals surface area contributed by atoms with Gasteiger partial charge in [0.2, 0.25) is 5.95 Å². The SMILES string of the molecule is C=C(C)c1cc2c(cc1[N+](=O)[O-])nc(N1CCCC(F)C1)n2C. The molecular formula is C16H19FN4O2. The first-order valence-corrected chi connectivity index (χ1v) is 7.58. The van der Waals surface area contributed by atoms with Crippen LogP contribution in [-0.2, 0) is 7.05 Å². The molecule has 0 saturated carbocycles. The summed E-state index contributed by atoms with van der Waals surface area (Å²) in [7, 11) is 1.85. The van der Waals surface area contributed by atoms with Gasteiger partial charge in [0, 0.05) is 19.7 Å². The van der Waals surface area contributed by atoms with Gasteiger partial charge in [-0.15, -0.1) is 0 Å². The van der Waals surface area contributed by atoms with Crippen LogP contribution in [0.25, 0.3) is 16.6 Å². The first-order valence-electron chi connectivity index (χ1n) is 7.58. The number of hydrogen-bond acceptors (Lipinski definition) is 4. The zero-order valence-corrected chi connectivity index (χ0v) is 13.3. The van der Waals surface area contributed by atoms with Gasteiger partial charge < -0.3 is 9.47 Å². The van der Waals surface area contributed by atoms with E-state index in [1.165, 1.54) is 6.07 Å². The van der Waals surface area contributed by atoms with Crippen molar-refractivity contribution in [1.82, 2.24) is 9.55 Å². The van der Waals surface area contributed by atoms with E-state index in [-0.39, 0.29) is 5.69 Å². The second-order valence-electron chi connectivity index (χ2n) is 6.05. The summed E-state index contributed by atoms with van der Waals surface area (Å²) >= 11 is 0. The van der Waals surface area contributed by atoms with Gasteiger partial charge in [-0.3, -0.25) is 10.1 Å². The zero-order chi connectivity index (χ0) is 16.7. The molecule has 1 aliphatic rings. The third-order valence-electron chi connectivity index (χ3n) is 4.28. The van der Waals surface area contributed by atoms with Gasteiger partial charge in [-0.2, -0.15) is 0 Å². The molecule has 2 aromatic rings. The number of piperidine rings is 1. The van der Waals surface area contributed by atoms with Crippen LogP contribution in [0.2, 0.25) is 0 Å². The van der Waals surface area contributed by atoms with Gasteiger partial charge >= 0.3 is 0 Å². The first-order chi connectivity index (χ1) is 10.9. The number of hydrogen-bond donors (Lipinski definition) is 0. The normalized spacial score (nSPS) is 18.4. The van der Waals surface area contributed by atoms with E-state index in [4.69, 9.17) is 0 Å². The monoisotopic (exact) mass is 318 g/mol. The minimum Gasteiger partial charge on any atom is -0.339 e. The number of allylic oxidation sites excluding steroid dienone is 1. The van der Waals surface area contributed by atoms with Crippen molar-refractivity contribution in [1.29, 1.82) is 0 Å². The van der Waals surface area contributed by atoms with E-state index < -0.39 is 11.1 Å². The summed E-state index contributed by atoms with van der Waals surface area (Å²) in [6.07, 6.45) is 0.497. The van der Waals surface area contributed by atoms with E-state index in [1.54, 1.807) is 13.0 Å². The van der Waals surface area contributed by atoms with Crippen molar-refractivity contribution < 1.29 is 9.31 Å². The van der Waals surface area contributed by atoms with Gasteiger partial charge in [0.1, 0.15) is 6.17 Å². The Balaban J connectivity index is 2.14. The molecule has 0 aliphatic carbocycles. The van der Waals surface area contributed by atoms with Crippen molar-refractivity contribution in [2.75, 3.05) is 18.0 Å². The molecule has 1 fully saturated rings. The number of rotatable bonds is 3. The molecule has 0 radical (unpaired) electrons. The molecule has 1 aromatic carbocycles. The van der Waals surface area contributed by atoms with E-state index in [1.807, 2.05) is 16.5 Å². The number of fused-ring (bicyclic) bond motifs is 1. The molecular weight excluding hydrogens is 299 g/mol. The Morgan fingerprint density at radius 2 is 2.26 bits per heavy atom. The number of halogens is 1. The van der Waals surface area contributed by atoms with Crippen LogP contribution in [0.5, 0.6) is 0 Å². The van der Waals surface area contributed by atoms with Crippen LogP contribution in [0.4, 0.5) is 16.0 Å². The van der Waals surface area contributed by atoms with Gasteiger partial charge in [0.25, 0.3) is 5.69 Å². The lowest BCUT2D eigenvalue weighted by atomic mass is 10.1. The number of alkyl halides is 1. The van der Waals surface area contributed by atoms with Crippen molar-refractivity contribution in [3.05, 3.63) is 34.4 Å². The molecule has 1 aromatic heterocycles. The van der Waals surface area contributed by atoms with Crippen LogP contribution in [0.15, 0.2) is 18.7 Å². The molecule has 7 heteroatoms. The number of aromatic nitrogens is 2. The average molecular weight is 318 g/mol. The Kier molecular flexibility index (Phi) is 3.79. The van der Waals surface area contributed by atoms with Gasteiger partial charge in [-0.25, -0.2) is 9.37 Å². The lowest BCUT2D eigenvalue weighted by Crippen LogP contribution is -2.37. The van der Waals surface area contributed by atoms with Crippen LogP contribution in [0.1, 0.15) is 25.3 Å². The smallest absolute Gasteiger partial charge is 0.279 e. The average Bonchev–Trinajstić information content (AvgIpc) is 2.82. The molecule has 1 saturated heterocycles. The molecule has 3 rings (SSSR count). The third-order valence-corrected chi connectivity index (χ3v) is 4.28. The molecule has 1 aliphatic heterocycles. The molecule has 1 atom stereocenters. The van der Waals surface area contributed by atoms with E-state index in [0.29, 0.717) is 35.6 Å². The van der Waals surface area contributed by atoms with Crippen molar-refractivity contribution >= 4 is 28.2 Å². The van der Waals surface area contributed by atoms with Crippen LogP contribution in [0.3, 0.4) is 0 Å². The summed E-state index contributed by atoms with van der Waals surface area (Å²) in [5.74, 6) is 0.649. The maximum atomic E-state index is 13.7. The Morgan fingerprint density at radius 1 is 1.52 bits per heavy atom. The maximum Gasteiger partial charge on any atom is 0.279 e. The number of aryl methyl sites for hydroxylation is 1. The van der Waals surface area contributed by atoms with Crippen LogP contribution >= 0.6 is 0 Å². The number of imidazole rings is 1. The first kappa shape index (κ1) is 15.5. The third kappa shape index (κ3) is 2.67. The molecule has 23 heavy (non-hydrogen) atoms. The molecule has 0 amide bonds. The summed E-state index contributed by atoms with van der Waals surface area (Å²) in [6.45, 7) is 6.61. The van der Waals surface area contributed by atoms with E-state index in [2.05, 4.69) is 11.6 Å². The minimum absolute atomic E-state index is 0.00309. The molecule has 122 valence electrons. The summed E-state index contributed by atoms with van der Waals surface area (Å²) in [5, 5.41) is 11.3. The highest BCUT2D eigenvalue weighted by molar-refractivity contribution is 5.87. The highest BCUT2D eigenvalue weighted by Crippen LogP contribution is 2.32. The van der Waals surface area contributed by atoms with Crippen molar-refractivity contribution in [3.63, 3.8) is 0 Å². The highest BCUT2D eigenvalue weighted by atomic mass is 19.1. The summed E-state index contributed by atoms with van der Waals surface area (Å²) in [4.78, 5) is 17.3. The molecule has 6 nitrogen and oxygen atoms in total. The molecule has 0 spiro atoms. The minimum atomic E-state index is -0.858. The lowest BCUT2D eigenvalue weighted by Gasteiger charge is -2.29. The summed E-state index contributed by atoms with van der Waals surface area (Å²) in [5.41, 5.74) is 2.45. The Morgan fingerprint density at radius 3 is 2.87 bits per heavy atom. The topological polar surface area (TPSA) is 64.2 Å². The largest absolute Gasteiger partial charge is 0.339 e. The van der Waals surface area contributed by atoms with Crippen molar-refractivity contribution in [2.24, 2.45) is 7.05 Å². The standard InChI is InChI=1S/C16H19FN4O2/c1-10(2)12-7-15-13(8-14(12)21(22)23)18-16(19(15)3)20-6-4-5-11(17)9-20/h7-8,11H,1,4-6,9H2,2-3H3. The lowest BCUT2D eigenvalue weighted by molar-refractivity contribution is -0.385. The molecule has 2 heterocycles. The molecule has 0 bridgehead atoms. The second-order valence-corrected chi connectivity index (χ2v) is 6.05. The maximum absolute atomic E-state index is 13.7. The van der Waals surface area contributed by atoms with E-state index in [0.717, 1.165) is 18.5 Å². The Bertz CT molecular complexity index is 799. The molecule has 1 unspecified atom stereocenters. The Labute approximate surface area is 133 Å². The fraction of sp³-hybridized carbons (Fsp3) is 0.438. The fourth-order valence-electron chi connectivity index (χ4n) is 3.10. The van der Waals surface area contributed by atoms with Crippen LogP contribution in [-0.4, -0.2) is 33.7 Å².